The Kier molecular flexibility index (Phi) is 3.36. The molecule has 0 spiro atoms. The van der Waals surface area contributed by atoms with E-state index in [1.54, 1.807) is 0 Å². The van der Waals surface area contributed by atoms with Crippen molar-refractivity contribution in [3.05, 3.63) is 29.1 Å². The lowest BCUT2D eigenvalue weighted by molar-refractivity contribution is 0.416. The van der Waals surface area contributed by atoms with Gasteiger partial charge in [0.15, 0.2) is 5.82 Å². The maximum atomic E-state index is 6.07. The van der Waals surface area contributed by atoms with E-state index in [9.17, 15) is 0 Å². The summed E-state index contributed by atoms with van der Waals surface area (Å²) < 4.78 is 5.32. The monoisotopic (exact) mass is 245 g/mol. The molecule has 1 aromatic carbocycles. The zero-order valence-electron chi connectivity index (χ0n) is 11.3. The van der Waals surface area contributed by atoms with Crippen molar-refractivity contribution in [2.45, 2.75) is 40.0 Å². The summed E-state index contributed by atoms with van der Waals surface area (Å²) in [7, 11) is 0. The molecule has 96 valence electrons. The van der Waals surface area contributed by atoms with Crippen LogP contribution in [0.4, 0.5) is 5.69 Å². The van der Waals surface area contributed by atoms with Gasteiger partial charge in [0.1, 0.15) is 0 Å². The van der Waals surface area contributed by atoms with Crippen LogP contribution < -0.4 is 5.73 Å². The second-order valence-corrected chi connectivity index (χ2v) is 4.81. The van der Waals surface area contributed by atoms with Crippen molar-refractivity contribution in [1.82, 2.24) is 10.1 Å². The van der Waals surface area contributed by atoms with Gasteiger partial charge in [0.05, 0.1) is 5.56 Å². The minimum absolute atomic E-state index is 0.301. The van der Waals surface area contributed by atoms with Crippen molar-refractivity contribution in [2.75, 3.05) is 5.73 Å². The van der Waals surface area contributed by atoms with Gasteiger partial charge in [-0.3, -0.25) is 0 Å². The second kappa shape index (κ2) is 4.80. The van der Waals surface area contributed by atoms with E-state index in [1.165, 1.54) is 0 Å². The third-order valence-electron chi connectivity index (χ3n) is 3.26. The summed E-state index contributed by atoms with van der Waals surface area (Å²) in [4.78, 5) is 4.44. The number of nitrogen functional groups attached to an aromatic ring is 1. The van der Waals surface area contributed by atoms with E-state index in [0.29, 0.717) is 17.5 Å². The molecule has 0 aliphatic heterocycles. The number of nitrogens with zero attached hydrogens (tertiary/aromatic N) is 2. The number of hydrogen-bond donors (Lipinski definition) is 1. The number of rotatable bonds is 3. The van der Waals surface area contributed by atoms with Crippen molar-refractivity contribution in [1.29, 1.82) is 0 Å². The van der Waals surface area contributed by atoms with Gasteiger partial charge in [0, 0.05) is 11.6 Å². The molecule has 0 amide bonds. The van der Waals surface area contributed by atoms with Crippen LogP contribution >= 0.6 is 0 Å². The number of hydrogen-bond acceptors (Lipinski definition) is 4. The minimum atomic E-state index is 0.301. The summed E-state index contributed by atoms with van der Waals surface area (Å²) in [6, 6.07) is 4.03. The van der Waals surface area contributed by atoms with Crippen molar-refractivity contribution in [3.63, 3.8) is 0 Å². The molecule has 1 unspecified atom stereocenters. The number of benzene rings is 1. The minimum Gasteiger partial charge on any atom is -0.398 e. The van der Waals surface area contributed by atoms with Crippen LogP contribution in [-0.2, 0) is 0 Å². The molecule has 18 heavy (non-hydrogen) atoms. The zero-order valence-corrected chi connectivity index (χ0v) is 11.3. The van der Waals surface area contributed by atoms with Crippen LogP contribution in [0.3, 0.4) is 0 Å². The third-order valence-corrected chi connectivity index (χ3v) is 3.26. The molecule has 4 heteroatoms. The molecule has 0 fully saturated rings. The van der Waals surface area contributed by atoms with Gasteiger partial charge in [-0.25, -0.2) is 0 Å². The van der Waals surface area contributed by atoms with Crippen molar-refractivity contribution >= 4 is 5.69 Å². The summed E-state index contributed by atoms with van der Waals surface area (Å²) in [5.74, 6) is 1.55. The van der Waals surface area contributed by atoms with E-state index in [2.05, 4.69) is 24.0 Å². The van der Waals surface area contributed by atoms with Gasteiger partial charge in [-0.05, 0) is 37.5 Å². The lowest BCUT2D eigenvalue weighted by Gasteiger charge is -2.06. The molecule has 0 saturated carbocycles. The van der Waals surface area contributed by atoms with Crippen LogP contribution in [0.25, 0.3) is 11.5 Å². The van der Waals surface area contributed by atoms with Crippen LogP contribution in [-0.4, -0.2) is 10.1 Å². The number of aromatic nitrogens is 2. The Labute approximate surface area is 107 Å². The highest BCUT2D eigenvalue weighted by Gasteiger charge is 2.16. The summed E-state index contributed by atoms with van der Waals surface area (Å²) in [5, 5.41) is 4.02. The van der Waals surface area contributed by atoms with Gasteiger partial charge in [-0.15, -0.1) is 0 Å². The Bertz CT molecular complexity index is 560. The third kappa shape index (κ3) is 2.23. The normalized spacial score (nSPS) is 12.7. The van der Waals surface area contributed by atoms with E-state index in [-0.39, 0.29) is 0 Å². The van der Waals surface area contributed by atoms with Gasteiger partial charge in [-0.2, -0.15) is 4.98 Å². The van der Waals surface area contributed by atoms with E-state index in [4.69, 9.17) is 10.3 Å². The molecule has 2 N–H and O–H groups in total. The Morgan fingerprint density at radius 2 is 2.06 bits per heavy atom. The first kappa shape index (κ1) is 12.6. The van der Waals surface area contributed by atoms with Gasteiger partial charge < -0.3 is 10.3 Å². The van der Waals surface area contributed by atoms with Crippen LogP contribution in [0.2, 0.25) is 0 Å². The molecule has 0 bridgehead atoms. The van der Waals surface area contributed by atoms with Crippen molar-refractivity contribution in [3.8, 4) is 11.5 Å². The van der Waals surface area contributed by atoms with Gasteiger partial charge in [0.2, 0.25) is 0 Å². The summed E-state index contributed by atoms with van der Waals surface area (Å²) in [5.41, 5.74) is 9.78. The van der Waals surface area contributed by atoms with Gasteiger partial charge in [-0.1, -0.05) is 25.1 Å². The Balaban J connectivity index is 2.46. The number of nitrogens with two attached hydrogens (primary N) is 1. The second-order valence-electron chi connectivity index (χ2n) is 4.81. The fourth-order valence-electron chi connectivity index (χ4n) is 1.88. The molecule has 0 saturated heterocycles. The predicted molar refractivity (Wildman–Crippen MR) is 72.3 cm³/mol. The molecule has 0 aliphatic carbocycles. The topological polar surface area (TPSA) is 64.9 Å². The molecule has 1 atom stereocenters. The molecule has 2 aromatic rings. The standard InChI is InChI=1S/C14H19N3O/c1-5-9(3)13-16-14(18-17-13)11-7-8(2)6-10(4)12(11)15/h6-7,9H,5,15H2,1-4H3. The fourth-order valence-corrected chi connectivity index (χ4v) is 1.88. The summed E-state index contributed by atoms with van der Waals surface area (Å²) in [6.45, 7) is 8.20. The molecular weight excluding hydrogens is 226 g/mol. The molecular formula is C14H19N3O. The first-order valence-electron chi connectivity index (χ1n) is 6.23. The van der Waals surface area contributed by atoms with Gasteiger partial charge >= 0.3 is 0 Å². The van der Waals surface area contributed by atoms with Crippen LogP contribution in [0.15, 0.2) is 16.7 Å². The lowest BCUT2D eigenvalue weighted by Crippen LogP contribution is -1.96. The molecule has 0 aliphatic rings. The number of anilines is 1. The van der Waals surface area contributed by atoms with Gasteiger partial charge in [0.25, 0.3) is 5.89 Å². The predicted octanol–water partition coefficient (Wildman–Crippen LogP) is 3.45. The Morgan fingerprint density at radius 1 is 1.33 bits per heavy atom. The molecule has 0 radical (unpaired) electrons. The average Bonchev–Trinajstić information content (AvgIpc) is 2.82. The van der Waals surface area contributed by atoms with Crippen molar-refractivity contribution in [2.24, 2.45) is 0 Å². The molecule has 2 rings (SSSR count). The quantitative estimate of drug-likeness (QED) is 0.841. The summed E-state index contributed by atoms with van der Waals surface area (Å²) >= 11 is 0. The van der Waals surface area contributed by atoms with Crippen LogP contribution in [0, 0.1) is 13.8 Å². The molecule has 1 aromatic heterocycles. The Hall–Kier alpha value is -1.84. The van der Waals surface area contributed by atoms with Crippen LogP contribution in [0.1, 0.15) is 43.1 Å². The summed E-state index contributed by atoms with van der Waals surface area (Å²) in [6.07, 6.45) is 0.987. The number of aryl methyl sites for hydroxylation is 2. The highest BCUT2D eigenvalue weighted by molar-refractivity contribution is 5.74. The van der Waals surface area contributed by atoms with E-state index >= 15 is 0 Å². The Morgan fingerprint density at radius 3 is 2.72 bits per heavy atom. The highest BCUT2D eigenvalue weighted by Crippen LogP contribution is 2.29. The van der Waals surface area contributed by atoms with E-state index in [0.717, 1.165) is 28.9 Å². The highest BCUT2D eigenvalue weighted by atomic mass is 16.5. The molecule has 4 nitrogen and oxygen atoms in total. The first-order chi connectivity index (χ1) is 8.52. The maximum Gasteiger partial charge on any atom is 0.260 e. The largest absolute Gasteiger partial charge is 0.398 e. The molecule has 1 heterocycles. The maximum absolute atomic E-state index is 6.07. The lowest BCUT2D eigenvalue weighted by atomic mass is 10.0. The smallest absolute Gasteiger partial charge is 0.260 e. The average molecular weight is 245 g/mol. The first-order valence-corrected chi connectivity index (χ1v) is 6.23. The van der Waals surface area contributed by atoms with E-state index in [1.807, 2.05) is 26.0 Å². The fraction of sp³-hybridized carbons (Fsp3) is 0.429. The van der Waals surface area contributed by atoms with Crippen LogP contribution in [0.5, 0.6) is 0 Å². The zero-order chi connectivity index (χ0) is 13.3. The van der Waals surface area contributed by atoms with E-state index < -0.39 is 0 Å². The van der Waals surface area contributed by atoms with Crippen molar-refractivity contribution < 1.29 is 4.52 Å². The SMILES string of the molecule is CCC(C)c1noc(-c2cc(C)cc(C)c2N)n1.